The van der Waals surface area contributed by atoms with Gasteiger partial charge >= 0.3 is 6.03 Å². The first-order valence-electron chi connectivity index (χ1n) is 5.81. The zero-order valence-electron chi connectivity index (χ0n) is 10.8. The predicted octanol–water partition coefficient (Wildman–Crippen LogP) is 2.74. The molecule has 0 radical (unpaired) electrons. The third kappa shape index (κ3) is 3.72. The Bertz CT molecular complexity index is 564. The lowest BCUT2D eigenvalue weighted by Crippen LogP contribution is -2.31. The van der Waals surface area contributed by atoms with Gasteiger partial charge in [-0.2, -0.15) is 5.10 Å². The first kappa shape index (κ1) is 13.4. The molecule has 1 N–H and O–H groups in total. The number of amides is 2. The van der Waals surface area contributed by atoms with Crippen molar-refractivity contribution in [2.24, 2.45) is 7.05 Å². The molecule has 6 heteroatoms. The van der Waals surface area contributed by atoms with Crippen LogP contribution in [0.25, 0.3) is 0 Å². The van der Waals surface area contributed by atoms with Crippen molar-refractivity contribution in [2.45, 2.75) is 6.54 Å². The highest BCUT2D eigenvalue weighted by molar-refractivity contribution is 6.30. The molecule has 2 rings (SSSR count). The van der Waals surface area contributed by atoms with E-state index in [9.17, 15) is 4.79 Å². The van der Waals surface area contributed by atoms with Gasteiger partial charge in [-0.25, -0.2) is 4.79 Å². The Labute approximate surface area is 116 Å². The van der Waals surface area contributed by atoms with Crippen LogP contribution >= 0.6 is 11.6 Å². The molecule has 19 heavy (non-hydrogen) atoms. The van der Waals surface area contributed by atoms with Crippen LogP contribution in [-0.4, -0.2) is 27.8 Å². The zero-order chi connectivity index (χ0) is 13.8. The van der Waals surface area contributed by atoms with Gasteiger partial charge in [-0.3, -0.25) is 4.68 Å². The van der Waals surface area contributed by atoms with Gasteiger partial charge in [0, 0.05) is 31.0 Å². The maximum Gasteiger partial charge on any atom is 0.321 e. The Morgan fingerprint density at radius 3 is 2.63 bits per heavy atom. The smallest absolute Gasteiger partial charge is 0.321 e. The second kappa shape index (κ2) is 5.75. The largest absolute Gasteiger partial charge is 0.322 e. The molecule has 0 saturated heterocycles. The lowest BCUT2D eigenvalue weighted by Gasteiger charge is -2.16. The van der Waals surface area contributed by atoms with E-state index in [1.54, 1.807) is 40.9 Å². The fourth-order valence-corrected chi connectivity index (χ4v) is 1.74. The van der Waals surface area contributed by atoms with Crippen LogP contribution in [0.5, 0.6) is 0 Å². The summed E-state index contributed by atoms with van der Waals surface area (Å²) in [5.41, 5.74) is 1.55. The van der Waals surface area contributed by atoms with Crippen molar-refractivity contribution in [3.63, 3.8) is 0 Å². The Hall–Kier alpha value is -2.01. The van der Waals surface area contributed by atoms with Crippen molar-refractivity contribution in [1.82, 2.24) is 14.7 Å². The number of halogens is 1. The minimum absolute atomic E-state index is 0.187. The van der Waals surface area contributed by atoms with Crippen molar-refractivity contribution in [3.8, 4) is 0 Å². The molecule has 0 bridgehead atoms. The average molecular weight is 279 g/mol. The number of rotatable bonds is 3. The van der Waals surface area contributed by atoms with Crippen LogP contribution in [0.15, 0.2) is 36.5 Å². The Kier molecular flexibility index (Phi) is 4.06. The first-order valence-corrected chi connectivity index (χ1v) is 6.18. The zero-order valence-corrected chi connectivity index (χ0v) is 11.6. The predicted molar refractivity (Wildman–Crippen MR) is 75.1 cm³/mol. The van der Waals surface area contributed by atoms with Gasteiger partial charge in [-0.05, 0) is 30.3 Å². The molecule has 0 spiro atoms. The number of carbonyl (C=O) groups is 1. The van der Waals surface area contributed by atoms with E-state index in [1.165, 1.54) is 0 Å². The number of anilines is 1. The van der Waals surface area contributed by atoms with Crippen LogP contribution in [0.1, 0.15) is 5.69 Å². The summed E-state index contributed by atoms with van der Waals surface area (Å²) in [6.07, 6.45) is 1.85. The standard InChI is InChI=1S/C13H15ClN4O/c1-17(9-12-7-8-18(2)16-12)13(19)15-11-5-3-10(14)4-6-11/h3-8H,9H2,1-2H3,(H,15,19). The van der Waals surface area contributed by atoms with Crippen molar-refractivity contribution < 1.29 is 4.79 Å². The fraction of sp³-hybridized carbons (Fsp3) is 0.231. The van der Waals surface area contributed by atoms with Crippen LogP contribution in [-0.2, 0) is 13.6 Å². The second-order valence-electron chi connectivity index (χ2n) is 4.27. The van der Waals surface area contributed by atoms with Gasteiger partial charge in [0.15, 0.2) is 0 Å². The summed E-state index contributed by atoms with van der Waals surface area (Å²) in [5.74, 6) is 0. The first-order chi connectivity index (χ1) is 9.04. The molecule has 1 heterocycles. The van der Waals surface area contributed by atoms with E-state index in [0.29, 0.717) is 17.3 Å². The van der Waals surface area contributed by atoms with Gasteiger partial charge in [0.25, 0.3) is 0 Å². The number of aryl methyl sites for hydroxylation is 1. The number of benzene rings is 1. The number of urea groups is 1. The van der Waals surface area contributed by atoms with E-state index in [2.05, 4.69) is 10.4 Å². The van der Waals surface area contributed by atoms with Gasteiger partial charge in [0.2, 0.25) is 0 Å². The SMILES string of the molecule is CN(Cc1ccn(C)n1)C(=O)Nc1ccc(Cl)cc1. The molecule has 100 valence electrons. The van der Waals surface area contributed by atoms with Crippen molar-refractivity contribution in [2.75, 3.05) is 12.4 Å². The van der Waals surface area contributed by atoms with E-state index >= 15 is 0 Å². The molecule has 0 aliphatic rings. The highest BCUT2D eigenvalue weighted by Gasteiger charge is 2.10. The maximum absolute atomic E-state index is 12.0. The third-order valence-corrected chi connectivity index (χ3v) is 2.86. The van der Waals surface area contributed by atoms with Gasteiger partial charge in [0.1, 0.15) is 0 Å². The summed E-state index contributed by atoms with van der Waals surface area (Å²) < 4.78 is 1.71. The molecule has 0 saturated carbocycles. The van der Waals surface area contributed by atoms with Crippen LogP contribution in [0.4, 0.5) is 10.5 Å². The molecule has 0 aliphatic carbocycles. The molecule has 1 aromatic heterocycles. The minimum Gasteiger partial charge on any atom is -0.322 e. The fourth-order valence-electron chi connectivity index (χ4n) is 1.61. The van der Waals surface area contributed by atoms with Gasteiger partial charge < -0.3 is 10.2 Å². The number of nitrogens with zero attached hydrogens (tertiary/aromatic N) is 3. The Balaban J connectivity index is 1.94. The summed E-state index contributed by atoms with van der Waals surface area (Å²) in [4.78, 5) is 13.5. The normalized spacial score (nSPS) is 10.3. The Morgan fingerprint density at radius 2 is 2.05 bits per heavy atom. The minimum atomic E-state index is -0.187. The quantitative estimate of drug-likeness (QED) is 0.938. The molecule has 2 amide bonds. The highest BCUT2D eigenvalue weighted by atomic mass is 35.5. The summed E-state index contributed by atoms with van der Waals surface area (Å²) in [6.45, 7) is 0.459. The number of hydrogen-bond donors (Lipinski definition) is 1. The molecular formula is C13H15ClN4O. The van der Waals surface area contributed by atoms with Crippen LogP contribution in [0.3, 0.4) is 0 Å². The summed E-state index contributed by atoms with van der Waals surface area (Å²) in [5, 5.41) is 7.66. The molecule has 0 fully saturated rings. The number of carbonyl (C=O) groups excluding carboxylic acids is 1. The molecule has 5 nitrogen and oxygen atoms in total. The van der Waals surface area contributed by atoms with E-state index in [1.807, 2.05) is 19.3 Å². The summed E-state index contributed by atoms with van der Waals surface area (Å²) in [6, 6.07) is 8.68. The van der Waals surface area contributed by atoms with Gasteiger partial charge in [-0.15, -0.1) is 0 Å². The number of hydrogen-bond acceptors (Lipinski definition) is 2. The lowest BCUT2D eigenvalue weighted by molar-refractivity contribution is 0.220. The molecular weight excluding hydrogens is 264 g/mol. The van der Waals surface area contributed by atoms with Gasteiger partial charge in [0.05, 0.1) is 12.2 Å². The van der Waals surface area contributed by atoms with Crippen molar-refractivity contribution in [3.05, 3.63) is 47.2 Å². The van der Waals surface area contributed by atoms with Crippen LogP contribution < -0.4 is 5.32 Å². The molecule has 1 aromatic carbocycles. The second-order valence-corrected chi connectivity index (χ2v) is 4.71. The van der Waals surface area contributed by atoms with Crippen LogP contribution in [0.2, 0.25) is 5.02 Å². The van der Waals surface area contributed by atoms with E-state index in [0.717, 1.165) is 5.69 Å². The third-order valence-electron chi connectivity index (χ3n) is 2.61. The van der Waals surface area contributed by atoms with E-state index in [4.69, 9.17) is 11.6 Å². The number of aromatic nitrogens is 2. The van der Waals surface area contributed by atoms with E-state index < -0.39 is 0 Å². The highest BCUT2D eigenvalue weighted by Crippen LogP contribution is 2.14. The number of nitrogens with one attached hydrogen (secondary N) is 1. The van der Waals surface area contributed by atoms with Crippen LogP contribution in [0, 0.1) is 0 Å². The van der Waals surface area contributed by atoms with Crippen molar-refractivity contribution >= 4 is 23.3 Å². The topological polar surface area (TPSA) is 50.2 Å². The summed E-state index contributed by atoms with van der Waals surface area (Å²) >= 11 is 5.79. The molecule has 2 aromatic rings. The average Bonchev–Trinajstić information content (AvgIpc) is 2.77. The lowest BCUT2D eigenvalue weighted by atomic mass is 10.3. The van der Waals surface area contributed by atoms with Gasteiger partial charge in [-0.1, -0.05) is 11.6 Å². The molecule has 0 atom stereocenters. The Morgan fingerprint density at radius 1 is 1.37 bits per heavy atom. The molecule has 0 unspecified atom stereocenters. The van der Waals surface area contributed by atoms with E-state index in [-0.39, 0.29) is 6.03 Å². The monoisotopic (exact) mass is 278 g/mol. The summed E-state index contributed by atoms with van der Waals surface area (Å²) in [7, 11) is 3.57. The maximum atomic E-state index is 12.0. The molecule has 0 aliphatic heterocycles. The van der Waals surface area contributed by atoms with Crippen molar-refractivity contribution in [1.29, 1.82) is 0 Å².